The number of hydrogen-bond acceptors (Lipinski definition) is 4. The van der Waals surface area contributed by atoms with Gasteiger partial charge < -0.3 is 10.2 Å². The van der Waals surface area contributed by atoms with Crippen LogP contribution in [-0.2, 0) is 26.0 Å². The molecule has 0 spiro atoms. The normalized spacial score (nSPS) is 22.1. The molecule has 2 amide bonds. The SMILES string of the molecule is CC(=O)N1c2ccc(S(=O)(=O)NCC3CCC(C(=O)Nc4cccc(C)c4C)CC3)cc2C[C@@H]1C. The highest BCUT2D eigenvalue weighted by atomic mass is 32.2. The highest BCUT2D eigenvalue weighted by Gasteiger charge is 2.31. The molecule has 0 saturated heterocycles. The molecule has 8 heteroatoms. The van der Waals surface area contributed by atoms with E-state index >= 15 is 0 Å². The number of carbonyl (C=O) groups is 2. The van der Waals surface area contributed by atoms with Crippen molar-refractivity contribution in [2.24, 2.45) is 11.8 Å². The number of nitrogens with zero attached hydrogens (tertiary/aromatic N) is 1. The summed E-state index contributed by atoms with van der Waals surface area (Å²) in [6.45, 7) is 7.89. The molecule has 0 bridgehead atoms. The lowest BCUT2D eigenvalue weighted by Gasteiger charge is -2.28. The van der Waals surface area contributed by atoms with Gasteiger partial charge in [0, 0.05) is 36.8 Å². The summed E-state index contributed by atoms with van der Waals surface area (Å²) in [6.07, 6.45) is 3.76. The van der Waals surface area contributed by atoms with Crippen LogP contribution in [0.25, 0.3) is 0 Å². The van der Waals surface area contributed by atoms with E-state index in [1.54, 1.807) is 23.1 Å². The first-order valence-electron chi connectivity index (χ1n) is 12.4. The Balaban J connectivity index is 1.31. The highest BCUT2D eigenvalue weighted by Crippen LogP contribution is 2.34. The van der Waals surface area contributed by atoms with Gasteiger partial charge in [0.05, 0.1) is 4.90 Å². The van der Waals surface area contributed by atoms with Crippen LogP contribution in [0.4, 0.5) is 11.4 Å². The lowest BCUT2D eigenvalue weighted by atomic mass is 9.81. The minimum Gasteiger partial charge on any atom is -0.326 e. The highest BCUT2D eigenvalue weighted by molar-refractivity contribution is 7.89. The van der Waals surface area contributed by atoms with Crippen molar-refractivity contribution < 1.29 is 18.0 Å². The van der Waals surface area contributed by atoms with Crippen LogP contribution < -0.4 is 14.9 Å². The van der Waals surface area contributed by atoms with Crippen molar-refractivity contribution in [2.75, 3.05) is 16.8 Å². The van der Waals surface area contributed by atoms with Gasteiger partial charge in [-0.25, -0.2) is 13.1 Å². The second-order valence-corrected chi connectivity index (χ2v) is 11.8. The van der Waals surface area contributed by atoms with Crippen LogP contribution >= 0.6 is 0 Å². The molecule has 188 valence electrons. The predicted octanol–water partition coefficient (Wildman–Crippen LogP) is 4.32. The minimum absolute atomic E-state index is 0.0237. The molecule has 2 N–H and O–H groups in total. The van der Waals surface area contributed by atoms with Crippen molar-refractivity contribution in [1.29, 1.82) is 0 Å². The fraction of sp³-hybridized carbons (Fsp3) is 0.481. The van der Waals surface area contributed by atoms with Crippen LogP contribution in [-0.4, -0.2) is 32.8 Å². The lowest BCUT2D eigenvalue weighted by Crippen LogP contribution is -2.34. The number of benzene rings is 2. The Kier molecular flexibility index (Phi) is 7.33. The molecule has 1 heterocycles. The Morgan fingerprint density at radius 1 is 1.06 bits per heavy atom. The van der Waals surface area contributed by atoms with E-state index in [9.17, 15) is 18.0 Å². The van der Waals surface area contributed by atoms with E-state index in [1.165, 1.54) is 6.92 Å². The van der Waals surface area contributed by atoms with Gasteiger partial charge in [-0.2, -0.15) is 0 Å². The van der Waals surface area contributed by atoms with Gasteiger partial charge in [-0.15, -0.1) is 0 Å². The van der Waals surface area contributed by atoms with Crippen LogP contribution in [0, 0.1) is 25.7 Å². The zero-order chi connectivity index (χ0) is 25.3. The fourth-order valence-electron chi connectivity index (χ4n) is 5.32. The minimum atomic E-state index is -3.65. The molecule has 1 aliphatic carbocycles. The number of amides is 2. The number of rotatable bonds is 6. The van der Waals surface area contributed by atoms with E-state index in [4.69, 9.17) is 0 Å². The quantitative estimate of drug-likeness (QED) is 0.621. The molecule has 7 nitrogen and oxygen atoms in total. The molecule has 2 aliphatic rings. The van der Waals surface area contributed by atoms with Gasteiger partial charge in [0.15, 0.2) is 0 Å². The van der Waals surface area contributed by atoms with E-state index in [2.05, 4.69) is 10.0 Å². The monoisotopic (exact) mass is 497 g/mol. The van der Waals surface area contributed by atoms with Crippen molar-refractivity contribution >= 4 is 33.2 Å². The summed E-state index contributed by atoms with van der Waals surface area (Å²) >= 11 is 0. The van der Waals surface area contributed by atoms with Crippen molar-refractivity contribution in [3.05, 3.63) is 53.1 Å². The Morgan fingerprint density at radius 2 is 1.77 bits per heavy atom. The van der Waals surface area contributed by atoms with E-state index in [0.717, 1.165) is 53.7 Å². The Labute approximate surface area is 208 Å². The summed E-state index contributed by atoms with van der Waals surface area (Å²) in [7, 11) is -3.65. The van der Waals surface area contributed by atoms with Gasteiger partial charge in [0.1, 0.15) is 0 Å². The van der Waals surface area contributed by atoms with Crippen LogP contribution in [0.2, 0.25) is 0 Å². The number of fused-ring (bicyclic) bond motifs is 1. The third kappa shape index (κ3) is 5.43. The zero-order valence-corrected chi connectivity index (χ0v) is 21.7. The van der Waals surface area contributed by atoms with Gasteiger partial charge in [0.25, 0.3) is 0 Å². The van der Waals surface area contributed by atoms with Crippen molar-refractivity contribution in [3.63, 3.8) is 0 Å². The van der Waals surface area contributed by atoms with Crippen molar-refractivity contribution in [1.82, 2.24) is 4.72 Å². The summed E-state index contributed by atoms with van der Waals surface area (Å²) in [5.41, 5.74) is 4.76. The summed E-state index contributed by atoms with van der Waals surface area (Å²) in [4.78, 5) is 26.7. The maximum Gasteiger partial charge on any atom is 0.240 e. The van der Waals surface area contributed by atoms with Crippen LogP contribution in [0.1, 0.15) is 56.2 Å². The summed E-state index contributed by atoms with van der Waals surface area (Å²) in [6, 6.07) is 10.9. The second-order valence-electron chi connectivity index (χ2n) is 10.0. The molecule has 0 aromatic heterocycles. The first kappa shape index (κ1) is 25.4. The smallest absolute Gasteiger partial charge is 0.240 e. The third-order valence-electron chi connectivity index (χ3n) is 7.56. The van der Waals surface area contributed by atoms with E-state index in [0.29, 0.717) is 13.0 Å². The largest absolute Gasteiger partial charge is 0.326 e. The van der Waals surface area contributed by atoms with Crippen LogP contribution in [0.15, 0.2) is 41.3 Å². The average Bonchev–Trinajstić information content (AvgIpc) is 3.16. The van der Waals surface area contributed by atoms with E-state index < -0.39 is 10.0 Å². The first-order chi connectivity index (χ1) is 16.6. The van der Waals surface area contributed by atoms with E-state index in [-0.39, 0.29) is 34.6 Å². The molecule has 2 aromatic carbocycles. The molecule has 35 heavy (non-hydrogen) atoms. The van der Waals surface area contributed by atoms with Crippen LogP contribution in [0.5, 0.6) is 0 Å². The Hall–Kier alpha value is -2.71. The molecule has 0 unspecified atom stereocenters. The number of carbonyl (C=O) groups excluding carboxylic acids is 2. The molecule has 1 saturated carbocycles. The molecule has 1 fully saturated rings. The van der Waals surface area contributed by atoms with Gasteiger partial charge in [-0.05, 0) is 99.7 Å². The summed E-state index contributed by atoms with van der Waals surface area (Å²) in [5, 5.41) is 3.07. The molecule has 4 rings (SSSR count). The molecule has 0 radical (unpaired) electrons. The molecule has 1 atom stereocenters. The maximum absolute atomic E-state index is 13.0. The van der Waals surface area contributed by atoms with Gasteiger partial charge in [0.2, 0.25) is 21.8 Å². The number of aryl methyl sites for hydroxylation is 1. The van der Waals surface area contributed by atoms with Crippen molar-refractivity contribution in [3.8, 4) is 0 Å². The molecular weight excluding hydrogens is 462 g/mol. The third-order valence-corrected chi connectivity index (χ3v) is 8.98. The number of anilines is 2. The lowest BCUT2D eigenvalue weighted by molar-refractivity contribution is -0.121. The maximum atomic E-state index is 13.0. The number of hydrogen-bond donors (Lipinski definition) is 2. The van der Waals surface area contributed by atoms with Crippen LogP contribution in [0.3, 0.4) is 0 Å². The molecular formula is C27H35N3O4S. The fourth-order valence-corrected chi connectivity index (χ4v) is 6.48. The van der Waals surface area contributed by atoms with Crippen molar-refractivity contribution in [2.45, 2.75) is 70.7 Å². The average molecular weight is 498 g/mol. The standard InChI is InChI=1S/C27H35N3O4S/c1-17-6-5-7-25(19(17)3)29-27(32)22-10-8-21(9-11-22)16-28-35(33,34)24-12-13-26-23(15-24)14-18(2)30(26)20(4)31/h5-7,12-13,15,18,21-22,28H,8-11,14,16H2,1-4H3,(H,29,32)/t18-,21?,22?/m0/s1. The van der Waals surface area contributed by atoms with Gasteiger partial charge in [-0.1, -0.05) is 12.1 Å². The second kappa shape index (κ2) is 10.1. The predicted molar refractivity (Wildman–Crippen MR) is 138 cm³/mol. The van der Waals surface area contributed by atoms with Gasteiger partial charge >= 0.3 is 0 Å². The summed E-state index contributed by atoms with van der Waals surface area (Å²) in [5.74, 6) is 0.163. The Morgan fingerprint density at radius 3 is 2.46 bits per heavy atom. The summed E-state index contributed by atoms with van der Waals surface area (Å²) < 4.78 is 28.7. The zero-order valence-electron chi connectivity index (χ0n) is 20.9. The first-order valence-corrected chi connectivity index (χ1v) is 13.8. The molecule has 1 aliphatic heterocycles. The Bertz CT molecular complexity index is 1230. The number of sulfonamides is 1. The van der Waals surface area contributed by atoms with Gasteiger partial charge in [-0.3, -0.25) is 9.59 Å². The number of nitrogens with one attached hydrogen (secondary N) is 2. The van der Waals surface area contributed by atoms with E-state index in [1.807, 2.05) is 39.0 Å². The molecule has 2 aromatic rings. The topological polar surface area (TPSA) is 95.6 Å².